The predicted molar refractivity (Wildman–Crippen MR) is 23.3 cm³/mol. The Morgan fingerprint density at radius 1 is 1.00 bits per heavy atom. The molecule has 4 heavy (non-hydrogen) atoms. The number of hydrogen-bond donors (Lipinski definition) is 0. The molecule has 0 rings (SSSR count). The predicted octanol–water partition coefficient (Wildman–Crippen LogP) is 1.69. The molecule has 0 heterocycles. The standard InChI is InChI=1S/3ClH.Ga/h3*1H;/q;;;+2/p-3. The van der Waals surface area contributed by atoms with E-state index in [2.05, 4.69) is 0 Å². The second kappa shape index (κ2) is 2.73. The van der Waals surface area contributed by atoms with Gasteiger partial charge in [0.25, 0.3) is 0 Å². The van der Waals surface area contributed by atoms with E-state index >= 15 is 0 Å². The third kappa shape index (κ3) is 9.71. The van der Waals surface area contributed by atoms with Crippen molar-refractivity contribution in [3.8, 4) is 0 Å². The van der Waals surface area contributed by atoms with E-state index in [0.717, 1.165) is 0 Å². The van der Waals surface area contributed by atoms with Gasteiger partial charge in [-0.15, -0.1) is 0 Å². The zero-order chi connectivity index (χ0) is 3.58. The van der Waals surface area contributed by atoms with Crippen LogP contribution in [0.1, 0.15) is 0 Å². The van der Waals surface area contributed by atoms with E-state index in [4.69, 9.17) is 28.9 Å². The summed E-state index contributed by atoms with van der Waals surface area (Å²) in [7, 11) is 15.0. The summed E-state index contributed by atoms with van der Waals surface area (Å²) in [6.07, 6.45) is 0. The van der Waals surface area contributed by atoms with Gasteiger partial charge < -0.3 is 0 Å². The molecule has 0 saturated heterocycles. The van der Waals surface area contributed by atoms with E-state index < -0.39 is 13.2 Å². The monoisotopic (exact) mass is 174 g/mol. The molecule has 0 aliphatic rings. The molecule has 0 aromatic heterocycles. The molecule has 25 valence electrons. The third-order valence-electron chi connectivity index (χ3n) is 0. The Balaban J connectivity index is 2.32. The molecule has 0 aliphatic heterocycles. The molecule has 0 atom stereocenters. The van der Waals surface area contributed by atoms with Crippen LogP contribution >= 0.6 is 28.9 Å². The Bertz CT molecular complexity index is 8.00. The Morgan fingerprint density at radius 2 is 1.00 bits per heavy atom. The van der Waals surface area contributed by atoms with Gasteiger partial charge in [-0.1, -0.05) is 0 Å². The van der Waals surface area contributed by atoms with E-state index in [-0.39, 0.29) is 0 Å². The molecule has 0 amide bonds. The van der Waals surface area contributed by atoms with Crippen molar-refractivity contribution in [3.63, 3.8) is 0 Å². The minimum absolute atomic E-state index is 2.06. The molecule has 0 bridgehead atoms. The fourth-order valence-electron chi connectivity index (χ4n) is 0. The summed E-state index contributed by atoms with van der Waals surface area (Å²) in [4.78, 5) is 0. The van der Waals surface area contributed by atoms with Gasteiger partial charge in [-0.25, -0.2) is 0 Å². The van der Waals surface area contributed by atoms with Crippen molar-refractivity contribution in [1.29, 1.82) is 0 Å². The Hall–Kier alpha value is 1.51. The Kier molecular flexibility index (Phi) is 3.76. The molecule has 0 fully saturated rings. The maximum atomic E-state index is 4.99. The van der Waals surface area contributed by atoms with Gasteiger partial charge in [-0.05, 0) is 0 Å². The van der Waals surface area contributed by atoms with E-state index in [9.17, 15) is 0 Å². The van der Waals surface area contributed by atoms with Crippen LogP contribution in [0, 0.1) is 0 Å². The molecule has 0 spiro atoms. The Labute approximate surface area is 42.1 Å². The average molecular weight is 176 g/mol. The van der Waals surface area contributed by atoms with Gasteiger partial charge in [0, 0.05) is 0 Å². The fraction of sp³-hybridized carbons (Fsp3) is 0. The van der Waals surface area contributed by atoms with Crippen molar-refractivity contribution in [2.24, 2.45) is 0 Å². The van der Waals surface area contributed by atoms with E-state index in [0.29, 0.717) is 0 Å². The van der Waals surface area contributed by atoms with Gasteiger partial charge in [0.2, 0.25) is 0 Å². The van der Waals surface area contributed by atoms with Crippen molar-refractivity contribution in [2.75, 3.05) is 0 Å². The zero-order valence-electron chi connectivity index (χ0n) is 1.71. The molecule has 0 saturated carbocycles. The van der Waals surface area contributed by atoms with Crippen molar-refractivity contribution >= 4 is 42.1 Å². The summed E-state index contributed by atoms with van der Waals surface area (Å²) in [5, 5.41) is 0. The van der Waals surface area contributed by atoms with E-state index in [1.165, 1.54) is 0 Å². The van der Waals surface area contributed by atoms with Crippen molar-refractivity contribution in [2.45, 2.75) is 0 Å². The number of hydrogen-bond acceptors (Lipinski definition) is 0. The van der Waals surface area contributed by atoms with Crippen LogP contribution in [0.3, 0.4) is 0 Å². The quantitative estimate of drug-likeness (QED) is 0.492. The second-order valence-corrected chi connectivity index (χ2v) is 11.6. The third-order valence-corrected chi connectivity index (χ3v) is 0. The van der Waals surface area contributed by atoms with Gasteiger partial charge in [0.1, 0.15) is 0 Å². The van der Waals surface area contributed by atoms with Crippen molar-refractivity contribution < 1.29 is 0 Å². The summed E-state index contributed by atoms with van der Waals surface area (Å²) >= 11 is -2.06. The van der Waals surface area contributed by atoms with Gasteiger partial charge in [0.05, 0.1) is 0 Å². The maximum absolute atomic E-state index is 4.99. The summed E-state index contributed by atoms with van der Waals surface area (Å²) in [6, 6.07) is 0. The van der Waals surface area contributed by atoms with Crippen LogP contribution in [0.5, 0.6) is 0 Å². The number of rotatable bonds is 0. The van der Waals surface area contributed by atoms with Gasteiger partial charge in [-0.3, -0.25) is 0 Å². The van der Waals surface area contributed by atoms with Crippen LogP contribution in [0.25, 0.3) is 0 Å². The zero-order valence-corrected chi connectivity index (χ0v) is 6.40. The topological polar surface area (TPSA) is 0 Å². The summed E-state index contributed by atoms with van der Waals surface area (Å²) in [6.45, 7) is 0. The summed E-state index contributed by atoms with van der Waals surface area (Å²) in [5.41, 5.74) is 0. The molecular formula is Cl3Ga-. The molecule has 0 aromatic rings. The van der Waals surface area contributed by atoms with E-state index in [1.54, 1.807) is 0 Å². The molecule has 0 aliphatic carbocycles. The molecule has 1 radical (unpaired) electrons. The molecule has 0 N–H and O–H groups in total. The van der Waals surface area contributed by atoms with Crippen LogP contribution in [0.2, 0.25) is 0 Å². The normalized spacial score (nSPS) is 9.00. The first-order valence-corrected chi connectivity index (χ1v) is 10.2. The number of halogens is 3. The summed E-state index contributed by atoms with van der Waals surface area (Å²) < 4.78 is 0. The van der Waals surface area contributed by atoms with Crippen LogP contribution in [0.4, 0.5) is 0 Å². The first kappa shape index (κ1) is 5.51. The first-order chi connectivity index (χ1) is 1.73. The second-order valence-electron chi connectivity index (χ2n) is 0.247. The van der Waals surface area contributed by atoms with Crippen LogP contribution in [-0.4, -0.2) is 13.2 Å². The summed E-state index contributed by atoms with van der Waals surface area (Å²) in [5.74, 6) is 0. The van der Waals surface area contributed by atoms with Gasteiger partial charge in [-0.2, -0.15) is 0 Å². The van der Waals surface area contributed by atoms with Gasteiger partial charge >= 0.3 is 42.1 Å². The fourth-order valence-corrected chi connectivity index (χ4v) is 0. The molecule has 0 nitrogen and oxygen atoms in total. The van der Waals surface area contributed by atoms with Crippen LogP contribution in [-0.2, 0) is 0 Å². The molecule has 0 unspecified atom stereocenters. The SMILES string of the molecule is [Cl][Ga-]([Cl])[Cl]. The Morgan fingerprint density at radius 3 is 1.00 bits per heavy atom. The van der Waals surface area contributed by atoms with Crippen molar-refractivity contribution in [3.05, 3.63) is 0 Å². The average Bonchev–Trinajstić information content (AvgIpc) is 0.811. The first-order valence-electron chi connectivity index (χ1n) is 0.655. The van der Waals surface area contributed by atoms with Crippen molar-refractivity contribution in [1.82, 2.24) is 0 Å². The minimum atomic E-state index is -2.06. The van der Waals surface area contributed by atoms with Crippen LogP contribution < -0.4 is 0 Å². The van der Waals surface area contributed by atoms with Gasteiger partial charge in [0.15, 0.2) is 0 Å². The van der Waals surface area contributed by atoms with Crippen LogP contribution in [0.15, 0.2) is 0 Å². The molecule has 4 heteroatoms. The molecular weight excluding hydrogens is 176 g/mol. The molecule has 0 aromatic carbocycles. The van der Waals surface area contributed by atoms with E-state index in [1.807, 2.05) is 0 Å².